The molecule has 2 rings (SSSR count). The van der Waals surface area contributed by atoms with Gasteiger partial charge in [0.1, 0.15) is 0 Å². The van der Waals surface area contributed by atoms with E-state index in [0.29, 0.717) is 12.6 Å². The normalized spacial score (nSPS) is 26.2. The third-order valence-corrected chi connectivity index (χ3v) is 3.83. The summed E-state index contributed by atoms with van der Waals surface area (Å²) in [5, 5.41) is 8.22. The third kappa shape index (κ3) is 2.43. The van der Waals surface area contributed by atoms with Crippen LogP contribution in [0, 0.1) is 11.8 Å². The third-order valence-electron chi connectivity index (χ3n) is 3.83. The Bertz CT molecular complexity index is 324. The molecule has 0 spiro atoms. The maximum Gasteiger partial charge on any atom is 0.0962 e. The average Bonchev–Trinajstić information content (AvgIpc) is 2.77. The molecule has 0 unspecified atom stereocenters. The summed E-state index contributed by atoms with van der Waals surface area (Å²) < 4.78 is 2.01. The van der Waals surface area contributed by atoms with Crippen LogP contribution in [0.3, 0.4) is 0 Å². The summed E-state index contributed by atoms with van der Waals surface area (Å²) >= 11 is 0. The second kappa shape index (κ2) is 4.95. The first-order chi connectivity index (χ1) is 7.70. The number of rotatable bonds is 3. The Labute approximate surface area is 97.2 Å². The Morgan fingerprint density at radius 2 is 2.06 bits per heavy atom. The van der Waals surface area contributed by atoms with E-state index in [9.17, 15) is 0 Å². The van der Waals surface area contributed by atoms with Gasteiger partial charge in [0.15, 0.2) is 0 Å². The minimum atomic E-state index is 0.487. The van der Waals surface area contributed by atoms with Gasteiger partial charge in [0, 0.05) is 6.54 Å². The molecule has 1 saturated carbocycles. The fraction of sp³-hybridized carbons (Fsp3) is 0.833. The number of nitrogens with zero attached hydrogens (tertiary/aromatic N) is 3. The van der Waals surface area contributed by atoms with E-state index in [-0.39, 0.29) is 0 Å². The first kappa shape index (κ1) is 11.6. The zero-order valence-electron chi connectivity index (χ0n) is 10.3. The van der Waals surface area contributed by atoms with E-state index in [1.807, 2.05) is 10.9 Å². The molecule has 16 heavy (non-hydrogen) atoms. The van der Waals surface area contributed by atoms with Crippen LogP contribution in [0.1, 0.15) is 51.3 Å². The van der Waals surface area contributed by atoms with Gasteiger partial charge < -0.3 is 5.73 Å². The van der Waals surface area contributed by atoms with Crippen molar-refractivity contribution in [2.45, 2.75) is 52.1 Å². The predicted molar refractivity (Wildman–Crippen MR) is 63.7 cm³/mol. The summed E-state index contributed by atoms with van der Waals surface area (Å²) in [6.45, 7) is 5.14. The molecule has 0 aliphatic heterocycles. The highest BCUT2D eigenvalue weighted by atomic mass is 15.4. The number of hydrogen-bond donors (Lipinski definition) is 1. The fourth-order valence-corrected chi connectivity index (χ4v) is 2.62. The van der Waals surface area contributed by atoms with Crippen molar-refractivity contribution in [2.24, 2.45) is 17.6 Å². The summed E-state index contributed by atoms with van der Waals surface area (Å²) in [5.41, 5.74) is 6.43. The lowest BCUT2D eigenvalue weighted by Crippen LogP contribution is -2.21. The monoisotopic (exact) mass is 222 g/mol. The van der Waals surface area contributed by atoms with Crippen LogP contribution in [0.25, 0.3) is 0 Å². The number of hydrogen-bond acceptors (Lipinski definition) is 3. The molecule has 0 bridgehead atoms. The minimum absolute atomic E-state index is 0.487. The van der Waals surface area contributed by atoms with E-state index in [0.717, 1.165) is 17.5 Å². The van der Waals surface area contributed by atoms with Gasteiger partial charge in [-0.05, 0) is 37.5 Å². The van der Waals surface area contributed by atoms with Gasteiger partial charge in [-0.2, -0.15) is 0 Å². The van der Waals surface area contributed by atoms with E-state index >= 15 is 0 Å². The first-order valence-corrected chi connectivity index (χ1v) is 6.31. The standard InChI is InChI=1S/C12H22N4/c1-9(2)10-3-5-12(6-4-10)16-8-11(7-13)14-15-16/h8-10,12H,3-7,13H2,1-2H3. The molecule has 1 fully saturated rings. The molecule has 4 nitrogen and oxygen atoms in total. The van der Waals surface area contributed by atoms with Gasteiger partial charge in [-0.25, -0.2) is 4.68 Å². The van der Waals surface area contributed by atoms with Gasteiger partial charge in [-0.15, -0.1) is 5.10 Å². The molecule has 1 heterocycles. The van der Waals surface area contributed by atoms with Crippen LogP contribution >= 0.6 is 0 Å². The lowest BCUT2D eigenvalue weighted by atomic mass is 9.80. The fourth-order valence-electron chi connectivity index (χ4n) is 2.62. The second-order valence-corrected chi connectivity index (χ2v) is 5.21. The topological polar surface area (TPSA) is 56.7 Å². The maximum atomic E-state index is 5.54. The molecule has 0 aromatic carbocycles. The largest absolute Gasteiger partial charge is 0.325 e. The Hall–Kier alpha value is -0.900. The number of aromatic nitrogens is 3. The smallest absolute Gasteiger partial charge is 0.0962 e. The highest BCUT2D eigenvalue weighted by molar-refractivity contribution is 4.92. The molecule has 4 heteroatoms. The van der Waals surface area contributed by atoms with Crippen LogP contribution < -0.4 is 5.73 Å². The summed E-state index contributed by atoms with van der Waals surface area (Å²) in [7, 11) is 0. The first-order valence-electron chi connectivity index (χ1n) is 6.31. The van der Waals surface area contributed by atoms with Gasteiger partial charge >= 0.3 is 0 Å². The molecule has 1 aliphatic rings. The van der Waals surface area contributed by atoms with Crippen LogP contribution in [-0.2, 0) is 6.54 Å². The van der Waals surface area contributed by atoms with E-state index in [1.54, 1.807) is 0 Å². The van der Waals surface area contributed by atoms with Crippen LogP contribution in [0.15, 0.2) is 6.20 Å². The Morgan fingerprint density at radius 1 is 1.38 bits per heavy atom. The minimum Gasteiger partial charge on any atom is -0.325 e. The van der Waals surface area contributed by atoms with Gasteiger partial charge in [-0.3, -0.25) is 0 Å². The van der Waals surface area contributed by atoms with E-state index in [1.165, 1.54) is 25.7 Å². The summed E-state index contributed by atoms with van der Waals surface area (Å²) in [6, 6.07) is 0.544. The van der Waals surface area contributed by atoms with Crippen LogP contribution in [0.2, 0.25) is 0 Å². The Balaban J connectivity index is 1.93. The van der Waals surface area contributed by atoms with Crippen molar-refractivity contribution >= 4 is 0 Å². The van der Waals surface area contributed by atoms with E-state index in [2.05, 4.69) is 24.2 Å². The molecule has 0 atom stereocenters. The van der Waals surface area contributed by atoms with Crippen molar-refractivity contribution in [2.75, 3.05) is 0 Å². The van der Waals surface area contributed by atoms with Gasteiger partial charge in [0.05, 0.1) is 17.9 Å². The van der Waals surface area contributed by atoms with Crippen LogP contribution in [0.5, 0.6) is 0 Å². The molecule has 90 valence electrons. The Morgan fingerprint density at radius 3 is 2.56 bits per heavy atom. The average molecular weight is 222 g/mol. The highest BCUT2D eigenvalue weighted by Gasteiger charge is 2.24. The summed E-state index contributed by atoms with van der Waals surface area (Å²) in [4.78, 5) is 0. The molecule has 1 aliphatic carbocycles. The molecule has 1 aromatic rings. The van der Waals surface area contributed by atoms with Gasteiger partial charge in [0.2, 0.25) is 0 Å². The second-order valence-electron chi connectivity index (χ2n) is 5.21. The van der Waals surface area contributed by atoms with Crippen molar-refractivity contribution in [1.82, 2.24) is 15.0 Å². The maximum absolute atomic E-state index is 5.54. The molecule has 0 radical (unpaired) electrons. The summed E-state index contributed by atoms with van der Waals surface area (Å²) in [5.74, 6) is 1.71. The van der Waals surface area contributed by atoms with Crippen molar-refractivity contribution in [1.29, 1.82) is 0 Å². The Kier molecular flexibility index (Phi) is 3.59. The summed E-state index contributed by atoms with van der Waals surface area (Å²) in [6.07, 6.45) is 7.10. The SMILES string of the molecule is CC(C)C1CCC(n2cc(CN)nn2)CC1. The molecular formula is C12H22N4. The molecule has 1 aromatic heterocycles. The molecule has 0 saturated heterocycles. The van der Waals surface area contributed by atoms with Crippen molar-refractivity contribution < 1.29 is 0 Å². The molecule has 0 amide bonds. The lowest BCUT2D eigenvalue weighted by molar-refractivity contribution is 0.215. The van der Waals surface area contributed by atoms with Gasteiger partial charge in [0.25, 0.3) is 0 Å². The quantitative estimate of drug-likeness (QED) is 0.852. The zero-order valence-corrected chi connectivity index (χ0v) is 10.3. The molecule has 2 N–H and O–H groups in total. The molecular weight excluding hydrogens is 200 g/mol. The predicted octanol–water partition coefficient (Wildman–Crippen LogP) is 2.12. The van der Waals surface area contributed by atoms with Crippen molar-refractivity contribution in [3.63, 3.8) is 0 Å². The lowest BCUT2D eigenvalue weighted by Gasteiger charge is -2.30. The van der Waals surface area contributed by atoms with Crippen LogP contribution in [0.4, 0.5) is 0 Å². The van der Waals surface area contributed by atoms with E-state index in [4.69, 9.17) is 5.73 Å². The highest BCUT2D eigenvalue weighted by Crippen LogP contribution is 2.35. The van der Waals surface area contributed by atoms with Gasteiger partial charge in [-0.1, -0.05) is 19.1 Å². The van der Waals surface area contributed by atoms with Crippen molar-refractivity contribution in [3.8, 4) is 0 Å². The number of nitrogens with two attached hydrogens (primary N) is 1. The zero-order chi connectivity index (χ0) is 11.5. The van der Waals surface area contributed by atoms with Crippen LogP contribution in [-0.4, -0.2) is 15.0 Å². The van der Waals surface area contributed by atoms with E-state index < -0.39 is 0 Å². The van der Waals surface area contributed by atoms with Crippen molar-refractivity contribution in [3.05, 3.63) is 11.9 Å².